The first-order chi connectivity index (χ1) is 33.1. The van der Waals surface area contributed by atoms with Gasteiger partial charge >= 0.3 is 16.4 Å². The van der Waals surface area contributed by atoms with E-state index in [-0.39, 0.29) is 19.6 Å². The average Bonchev–Trinajstić information content (AvgIpc) is 3.31. The molecule has 386 valence electrons. The molecule has 1 rings (SSSR count). The van der Waals surface area contributed by atoms with E-state index in [1.54, 1.807) is 0 Å². The molecule has 1 saturated heterocycles. The summed E-state index contributed by atoms with van der Waals surface area (Å²) < 4.78 is 59.1. The number of allylic oxidation sites excluding steroid dienone is 20. The van der Waals surface area contributed by atoms with Gasteiger partial charge in [0, 0.05) is 13.0 Å². The molecule has 6 unspecified atom stereocenters. The Kier molecular flexibility index (Phi) is 41.1. The molecule has 0 saturated carbocycles. The van der Waals surface area contributed by atoms with Crippen LogP contribution in [0.4, 0.5) is 0 Å². The first kappa shape index (κ1) is 62.5. The molecule has 1 heterocycles. The number of aliphatic hydroxyl groups is 3. The minimum atomic E-state index is -5.08. The fourth-order valence-corrected chi connectivity index (χ4v) is 7.35. The van der Waals surface area contributed by atoms with E-state index >= 15 is 0 Å². The van der Waals surface area contributed by atoms with Crippen molar-refractivity contribution in [3.05, 3.63) is 122 Å². The summed E-state index contributed by atoms with van der Waals surface area (Å²) in [5.74, 6) is -0.450. The number of hydrogen-bond acceptors (Lipinski definition) is 11. The van der Waals surface area contributed by atoms with Gasteiger partial charge in [0.2, 0.25) is 0 Å². The van der Waals surface area contributed by atoms with Crippen LogP contribution in [0.15, 0.2) is 122 Å². The Morgan fingerprint density at radius 3 is 1.41 bits per heavy atom. The number of hydrogen-bond donors (Lipinski definition) is 4. The molecule has 1 aliphatic rings. The molecule has 12 nitrogen and oxygen atoms in total. The minimum absolute atomic E-state index is 0.00209. The molecule has 0 spiro atoms. The molecule has 4 N–H and O–H groups in total. The highest BCUT2D eigenvalue weighted by molar-refractivity contribution is 7.80. The van der Waals surface area contributed by atoms with Crippen molar-refractivity contribution in [2.24, 2.45) is 0 Å². The second-order valence-electron chi connectivity index (χ2n) is 16.6. The highest BCUT2D eigenvalue weighted by atomic mass is 32.3. The molecule has 0 aromatic rings. The zero-order valence-electron chi connectivity index (χ0n) is 41.4. The first-order valence-corrected chi connectivity index (χ1v) is 26.7. The van der Waals surface area contributed by atoms with Gasteiger partial charge in [0.15, 0.2) is 6.29 Å². The average molecular weight is 973 g/mol. The lowest BCUT2D eigenvalue weighted by Gasteiger charge is -2.41. The Morgan fingerprint density at radius 2 is 0.971 bits per heavy atom. The molecular weight excluding hydrogens is 885 g/mol. The predicted molar refractivity (Wildman–Crippen MR) is 275 cm³/mol. The molecule has 6 atom stereocenters. The Morgan fingerprint density at radius 1 is 0.559 bits per heavy atom. The molecule has 1 aliphatic heterocycles. The fourth-order valence-electron chi connectivity index (χ4n) is 6.84. The summed E-state index contributed by atoms with van der Waals surface area (Å²) in [4.78, 5) is 12.9. The summed E-state index contributed by atoms with van der Waals surface area (Å²) in [6.07, 6.45) is 55.2. The van der Waals surface area contributed by atoms with E-state index in [0.29, 0.717) is 13.0 Å². The van der Waals surface area contributed by atoms with Crippen molar-refractivity contribution in [2.75, 3.05) is 26.4 Å². The topological polar surface area (TPSA) is 178 Å². The maximum Gasteiger partial charge on any atom is 0.397 e. The molecule has 0 aromatic carbocycles. The molecule has 0 aromatic heterocycles. The van der Waals surface area contributed by atoms with Crippen molar-refractivity contribution in [3.8, 4) is 0 Å². The quantitative estimate of drug-likeness (QED) is 0.0197. The highest BCUT2D eigenvalue weighted by Crippen LogP contribution is 2.26. The number of carbonyl (C=O) groups is 1. The number of unbranched alkanes of at least 4 members (excludes halogenated alkanes) is 9. The predicted octanol–water partition coefficient (Wildman–Crippen LogP) is 11.7. The third-order valence-corrected chi connectivity index (χ3v) is 11.0. The smallest absolute Gasteiger partial charge is 0.397 e. The van der Waals surface area contributed by atoms with Gasteiger partial charge in [-0.1, -0.05) is 167 Å². The zero-order valence-corrected chi connectivity index (χ0v) is 42.2. The van der Waals surface area contributed by atoms with Gasteiger partial charge in [-0.25, -0.2) is 4.18 Å². The van der Waals surface area contributed by atoms with Crippen LogP contribution in [0, 0.1) is 0 Å². The number of aliphatic hydroxyl groups excluding tert-OH is 3. The lowest BCUT2D eigenvalue weighted by molar-refractivity contribution is -0.301. The van der Waals surface area contributed by atoms with E-state index in [1.165, 1.54) is 19.3 Å². The van der Waals surface area contributed by atoms with Crippen LogP contribution >= 0.6 is 0 Å². The number of ether oxygens (including phenoxy) is 4. The largest absolute Gasteiger partial charge is 0.457 e. The van der Waals surface area contributed by atoms with Gasteiger partial charge in [0.05, 0.1) is 19.8 Å². The molecule has 0 aliphatic carbocycles. The van der Waals surface area contributed by atoms with Crippen molar-refractivity contribution in [2.45, 2.75) is 192 Å². The highest BCUT2D eigenvalue weighted by Gasteiger charge is 2.48. The third kappa shape index (κ3) is 37.4. The van der Waals surface area contributed by atoms with E-state index in [0.717, 1.165) is 109 Å². The Bertz CT molecular complexity index is 1640. The van der Waals surface area contributed by atoms with Crippen LogP contribution in [0.1, 0.15) is 155 Å². The normalized spacial score (nSPS) is 20.4. The maximum absolute atomic E-state index is 12.9. The molecule has 13 heteroatoms. The molecule has 0 radical (unpaired) electrons. The minimum Gasteiger partial charge on any atom is -0.457 e. The SMILES string of the molecule is CC/C=C\C/C=C\C/C=C\C/C=C\C/C=C\C/C=C\CCCCCCCCCOCC(COC1OC(CO)C(O)C(OS(=O)(=O)O)C1O)OC(=O)CCCC/C=C\C/C=C\C/C=C\C/C=C\CC. The van der Waals surface area contributed by atoms with E-state index in [1.807, 2.05) is 0 Å². The van der Waals surface area contributed by atoms with Gasteiger partial charge < -0.3 is 34.3 Å². The summed E-state index contributed by atoms with van der Waals surface area (Å²) in [6.45, 7) is 3.65. The van der Waals surface area contributed by atoms with Gasteiger partial charge in [0.1, 0.15) is 30.5 Å². The van der Waals surface area contributed by atoms with Crippen molar-refractivity contribution >= 4 is 16.4 Å². The molecule has 0 bridgehead atoms. The zero-order chi connectivity index (χ0) is 49.6. The molecular formula is C55H88O12S. The van der Waals surface area contributed by atoms with Gasteiger partial charge in [-0.15, -0.1) is 0 Å². The number of esters is 1. The van der Waals surface area contributed by atoms with E-state index in [2.05, 4.69) is 140 Å². The van der Waals surface area contributed by atoms with Crippen LogP contribution in [0.5, 0.6) is 0 Å². The second kappa shape index (κ2) is 44.7. The van der Waals surface area contributed by atoms with Crippen LogP contribution in [-0.2, 0) is 38.3 Å². The summed E-state index contributed by atoms with van der Waals surface area (Å²) in [5, 5.41) is 30.7. The Labute approximate surface area is 410 Å². The fraction of sp³-hybridized carbons (Fsp3) is 0.618. The summed E-state index contributed by atoms with van der Waals surface area (Å²) in [7, 11) is -5.08. The van der Waals surface area contributed by atoms with E-state index in [9.17, 15) is 33.1 Å². The summed E-state index contributed by atoms with van der Waals surface area (Å²) in [5.41, 5.74) is 0. The van der Waals surface area contributed by atoms with Crippen LogP contribution in [0.3, 0.4) is 0 Å². The van der Waals surface area contributed by atoms with Gasteiger partial charge in [-0.05, 0) is 103 Å². The van der Waals surface area contributed by atoms with Crippen LogP contribution < -0.4 is 0 Å². The van der Waals surface area contributed by atoms with Gasteiger partial charge in [-0.2, -0.15) is 8.42 Å². The summed E-state index contributed by atoms with van der Waals surface area (Å²) in [6, 6.07) is 0. The Hall–Kier alpha value is -3.50. The van der Waals surface area contributed by atoms with Crippen LogP contribution in [-0.4, -0.2) is 97.5 Å². The van der Waals surface area contributed by atoms with Crippen LogP contribution in [0.25, 0.3) is 0 Å². The van der Waals surface area contributed by atoms with Gasteiger partial charge in [0.25, 0.3) is 0 Å². The second-order valence-corrected chi connectivity index (χ2v) is 17.7. The lowest BCUT2D eigenvalue weighted by Crippen LogP contribution is -2.60. The van der Waals surface area contributed by atoms with E-state index < -0.39 is 59.8 Å². The molecule has 0 amide bonds. The third-order valence-electron chi connectivity index (χ3n) is 10.6. The number of rotatable bonds is 42. The maximum atomic E-state index is 12.9. The van der Waals surface area contributed by atoms with Crippen molar-refractivity contribution in [1.82, 2.24) is 0 Å². The standard InChI is InChI=1S/C55H88O12S/c1-3-5-7-9-11-13-15-17-19-20-21-22-23-24-25-26-27-28-29-31-33-35-37-39-41-43-45-63-47-49(48-64-55-53(59)54(67-68(60,61)62)52(58)50(46-56)66-55)65-51(57)44-42-40-38-36-34-32-30-18-16-14-12-10-8-6-4-2/h5-8,11-14,17-19,21-22,24-25,27-28,30,34,36,49-50,52-56,58-59H,3-4,9-10,15-16,20,23,26,29,31-33,35,37-48H2,1-2H3,(H,60,61,62)/b7-5-,8-6-,13-11-,14-12-,19-17-,22-21-,25-24-,28-27-,30-18-,36-34-. The van der Waals surface area contributed by atoms with E-state index in [4.69, 9.17) is 18.9 Å². The summed E-state index contributed by atoms with van der Waals surface area (Å²) >= 11 is 0. The monoisotopic (exact) mass is 973 g/mol. The van der Waals surface area contributed by atoms with Gasteiger partial charge in [-0.3, -0.25) is 9.35 Å². The van der Waals surface area contributed by atoms with Crippen molar-refractivity contribution in [3.63, 3.8) is 0 Å². The number of carbonyl (C=O) groups excluding carboxylic acids is 1. The van der Waals surface area contributed by atoms with Crippen molar-refractivity contribution in [1.29, 1.82) is 0 Å². The lowest BCUT2D eigenvalue weighted by atomic mass is 9.99. The Balaban J connectivity index is 2.39. The van der Waals surface area contributed by atoms with Crippen LogP contribution in [0.2, 0.25) is 0 Å². The molecule has 1 fully saturated rings. The molecule has 68 heavy (non-hydrogen) atoms. The first-order valence-electron chi connectivity index (χ1n) is 25.3. The van der Waals surface area contributed by atoms with Crippen molar-refractivity contribution < 1.29 is 56.2 Å².